The smallest absolute Gasteiger partial charge is 0.475 e. The van der Waals surface area contributed by atoms with Crippen molar-refractivity contribution in [3.63, 3.8) is 0 Å². The molecule has 0 aromatic carbocycles. The van der Waals surface area contributed by atoms with Crippen LogP contribution in [0.4, 0.5) is 13.2 Å². The van der Waals surface area contributed by atoms with E-state index in [-0.39, 0.29) is 0 Å². The van der Waals surface area contributed by atoms with Crippen LogP contribution < -0.4 is 0 Å². The standard InChI is InChI=1S/C14H25N.C2HF3O2/c1-4-13-8-5-9-14(13,15(2)3)12-7-6-11(13)10-12;3-2(4,5)1(6)7/h11-12H,4-10H2,1-3H3;(H,6,7)/t11-,12+,13+,14+;/m0./s1. The number of nitrogens with zero attached hydrogens (tertiary/aromatic N) is 1. The Labute approximate surface area is 129 Å². The molecule has 0 radical (unpaired) electrons. The van der Waals surface area contributed by atoms with Crippen LogP contribution in [-0.2, 0) is 4.79 Å². The average molecular weight is 321 g/mol. The van der Waals surface area contributed by atoms with E-state index < -0.39 is 12.1 Å². The Morgan fingerprint density at radius 2 is 1.77 bits per heavy atom. The molecule has 3 fully saturated rings. The minimum atomic E-state index is -5.08. The SMILES string of the molecule is CC[C@]12CCC[C@@]1(N(C)C)[C@@H]1CC[C@H]2C1.O=C(O)C(F)(F)F. The van der Waals surface area contributed by atoms with E-state index in [1.807, 2.05) is 0 Å². The molecule has 3 saturated carbocycles. The molecule has 0 saturated heterocycles. The molecule has 0 unspecified atom stereocenters. The molecule has 0 aromatic rings. The van der Waals surface area contributed by atoms with Crippen molar-refractivity contribution in [1.82, 2.24) is 4.90 Å². The predicted molar refractivity (Wildman–Crippen MR) is 77.5 cm³/mol. The summed E-state index contributed by atoms with van der Waals surface area (Å²) in [5, 5.41) is 7.12. The lowest BCUT2D eigenvalue weighted by molar-refractivity contribution is -0.192. The van der Waals surface area contributed by atoms with E-state index in [1.165, 1.54) is 38.5 Å². The zero-order valence-corrected chi connectivity index (χ0v) is 13.5. The first-order valence-electron chi connectivity index (χ1n) is 8.09. The molecular weight excluding hydrogens is 295 g/mol. The number of carboxylic acids is 1. The summed E-state index contributed by atoms with van der Waals surface area (Å²) in [5.74, 6) is -0.662. The summed E-state index contributed by atoms with van der Waals surface area (Å²) in [7, 11) is 4.69. The predicted octanol–water partition coefficient (Wildman–Crippen LogP) is 3.93. The third-order valence-electron chi connectivity index (χ3n) is 6.60. The van der Waals surface area contributed by atoms with Gasteiger partial charge in [0.2, 0.25) is 0 Å². The number of halogens is 3. The quantitative estimate of drug-likeness (QED) is 0.838. The Morgan fingerprint density at radius 3 is 2.18 bits per heavy atom. The number of fused-ring (bicyclic) bond motifs is 5. The monoisotopic (exact) mass is 321 g/mol. The highest BCUT2D eigenvalue weighted by atomic mass is 19.4. The summed E-state index contributed by atoms with van der Waals surface area (Å²) in [6.45, 7) is 2.45. The molecule has 0 spiro atoms. The fourth-order valence-corrected chi connectivity index (χ4v) is 6.03. The number of carbonyl (C=O) groups is 1. The molecule has 0 aliphatic heterocycles. The van der Waals surface area contributed by atoms with Crippen LogP contribution in [0.2, 0.25) is 0 Å². The molecular formula is C16H26F3NO2. The van der Waals surface area contributed by atoms with Gasteiger partial charge >= 0.3 is 12.1 Å². The van der Waals surface area contributed by atoms with Crippen LogP contribution >= 0.6 is 0 Å². The summed E-state index contributed by atoms with van der Waals surface area (Å²) in [5.41, 5.74) is 1.31. The molecule has 0 heterocycles. The van der Waals surface area contributed by atoms with Crippen LogP contribution in [0, 0.1) is 17.3 Å². The highest BCUT2D eigenvalue weighted by Crippen LogP contribution is 2.71. The van der Waals surface area contributed by atoms with E-state index in [9.17, 15) is 13.2 Å². The summed E-state index contributed by atoms with van der Waals surface area (Å²) in [4.78, 5) is 11.5. The second kappa shape index (κ2) is 5.69. The molecule has 0 amide bonds. The molecule has 4 atom stereocenters. The minimum Gasteiger partial charge on any atom is -0.475 e. The Bertz CT molecular complexity index is 438. The second-order valence-corrected chi connectivity index (χ2v) is 7.19. The van der Waals surface area contributed by atoms with E-state index in [0.29, 0.717) is 11.0 Å². The lowest BCUT2D eigenvalue weighted by atomic mass is 9.61. The van der Waals surface area contributed by atoms with Crippen LogP contribution in [0.1, 0.15) is 51.9 Å². The first kappa shape index (κ1) is 17.6. The average Bonchev–Trinajstić information content (AvgIpc) is 3.09. The Hall–Kier alpha value is -0.780. The van der Waals surface area contributed by atoms with E-state index in [0.717, 1.165) is 11.8 Å². The number of carboxylic acid groups (broad SMARTS) is 1. The van der Waals surface area contributed by atoms with Crippen molar-refractivity contribution in [2.24, 2.45) is 17.3 Å². The fraction of sp³-hybridized carbons (Fsp3) is 0.938. The van der Waals surface area contributed by atoms with Crippen molar-refractivity contribution in [2.45, 2.75) is 63.6 Å². The van der Waals surface area contributed by atoms with E-state index in [2.05, 4.69) is 25.9 Å². The molecule has 128 valence electrons. The molecule has 0 aromatic heterocycles. The highest BCUT2D eigenvalue weighted by molar-refractivity contribution is 5.73. The number of hydrogen-bond donors (Lipinski definition) is 1. The van der Waals surface area contributed by atoms with Crippen LogP contribution in [0.3, 0.4) is 0 Å². The van der Waals surface area contributed by atoms with Gasteiger partial charge in [0, 0.05) is 5.54 Å². The van der Waals surface area contributed by atoms with Gasteiger partial charge in [0.1, 0.15) is 0 Å². The maximum absolute atomic E-state index is 10.6. The van der Waals surface area contributed by atoms with Crippen molar-refractivity contribution < 1.29 is 23.1 Å². The van der Waals surface area contributed by atoms with Gasteiger partial charge in [-0.25, -0.2) is 4.79 Å². The van der Waals surface area contributed by atoms with Gasteiger partial charge in [-0.1, -0.05) is 13.3 Å². The Morgan fingerprint density at radius 1 is 1.23 bits per heavy atom. The summed E-state index contributed by atoms with van der Waals surface area (Å²) in [6.07, 6.45) is 5.42. The van der Waals surface area contributed by atoms with Crippen molar-refractivity contribution >= 4 is 5.97 Å². The molecule has 3 aliphatic carbocycles. The highest BCUT2D eigenvalue weighted by Gasteiger charge is 2.68. The lowest BCUT2D eigenvalue weighted by Gasteiger charge is -2.53. The summed E-state index contributed by atoms with van der Waals surface area (Å²) < 4.78 is 31.7. The number of alkyl halides is 3. The third-order valence-corrected chi connectivity index (χ3v) is 6.60. The Kier molecular flexibility index (Phi) is 4.55. The maximum Gasteiger partial charge on any atom is 0.490 e. The first-order valence-corrected chi connectivity index (χ1v) is 8.09. The van der Waals surface area contributed by atoms with Crippen molar-refractivity contribution in [3.05, 3.63) is 0 Å². The zero-order chi connectivity index (χ0) is 16.8. The zero-order valence-electron chi connectivity index (χ0n) is 13.5. The molecule has 3 rings (SSSR count). The van der Waals surface area contributed by atoms with Gasteiger partial charge in [0.25, 0.3) is 0 Å². The van der Waals surface area contributed by atoms with E-state index in [4.69, 9.17) is 9.90 Å². The van der Waals surface area contributed by atoms with Crippen LogP contribution in [0.25, 0.3) is 0 Å². The second-order valence-electron chi connectivity index (χ2n) is 7.19. The molecule has 2 bridgehead atoms. The van der Waals surface area contributed by atoms with E-state index >= 15 is 0 Å². The summed E-state index contributed by atoms with van der Waals surface area (Å²) in [6, 6.07) is 0. The van der Waals surface area contributed by atoms with Crippen molar-refractivity contribution in [1.29, 1.82) is 0 Å². The van der Waals surface area contributed by atoms with Crippen molar-refractivity contribution in [3.8, 4) is 0 Å². The summed E-state index contributed by atoms with van der Waals surface area (Å²) >= 11 is 0. The lowest BCUT2D eigenvalue weighted by Crippen LogP contribution is -2.57. The van der Waals surface area contributed by atoms with E-state index in [1.54, 1.807) is 6.42 Å². The normalized spacial score (nSPS) is 39.6. The Balaban J connectivity index is 0.000000217. The van der Waals surface area contributed by atoms with Gasteiger partial charge in [0.15, 0.2) is 0 Å². The molecule has 3 nitrogen and oxygen atoms in total. The number of hydrogen-bond acceptors (Lipinski definition) is 2. The van der Waals surface area contributed by atoms with Gasteiger partial charge in [-0.3, -0.25) is 0 Å². The third kappa shape index (κ3) is 2.34. The molecule has 6 heteroatoms. The largest absolute Gasteiger partial charge is 0.490 e. The van der Waals surface area contributed by atoms with Gasteiger partial charge in [-0.2, -0.15) is 13.2 Å². The number of rotatable bonds is 2. The fourth-order valence-electron chi connectivity index (χ4n) is 6.03. The molecule has 1 N–H and O–H groups in total. The molecule has 3 aliphatic rings. The van der Waals surface area contributed by atoms with Crippen molar-refractivity contribution in [2.75, 3.05) is 14.1 Å². The van der Waals surface area contributed by atoms with Crippen LogP contribution in [0.15, 0.2) is 0 Å². The van der Waals surface area contributed by atoms with Crippen LogP contribution in [0.5, 0.6) is 0 Å². The first-order chi connectivity index (χ1) is 10.1. The maximum atomic E-state index is 10.6. The topological polar surface area (TPSA) is 40.5 Å². The van der Waals surface area contributed by atoms with Gasteiger partial charge in [0.05, 0.1) is 0 Å². The van der Waals surface area contributed by atoms with Gasteiger partial charge < -0.3 is 10.0 Å². The minimum absolute atomic E-state index is 0.602. The van der Waals surface area contributed by atoms with Crippen LogP contribution in [-0.4, -0.2) is 41.8 Å². The molecule has 22 heavy (non-hydrogen) atoms. The van der Waals surface area contributed by atoms with Gasteiger partial charge in [-0.05, 0) is 69.9 Å². The number of aliphatic carboxylic acids is 1. The van der Waals surface area contributed by atoms with Gasteiger partial charge in [-0.15, -0.1) is 0 Å².